The number of fused-ring (bicyclic) bond motifs is 3. The number of hydrogen-bond donors (Lipinski definition) is 3. The molecule has 1 aliphatic rings. The molecule has 1 unspecified atom stereocenters. The lowest BCUT2D eigenvalue weighted by Crippen LogP contribution is -2.52. The molecular weight excluding hydrogens is 420 g/mol. The molecule has 3 amide bonds. The summed E-state index contributed by atoms with van der Waals surface area (Å²) in [4.78, 5) is 43.0. The summed E-state index contributed by atoms with van der Waals surface area (Å²) in [5.41, 5.74) is 7.99. The van der Waals surface area contributed by atoms with E-state index in [1.807, 2.05) is 23.1 Å². The standard InChI is InChI=1S/C25H36N4O4/c1-15(2)14-20-22-17(16-8-6-7-9-18(16)27-22)12-13-29(20)23(31)19(10-11-21(26)30)28-24(32)33-25(3,4)5/h6-9,15,19-20,27H,10-14H2,1-5H3,(H2,26,30)(H,28,32)/t19-,20?/m1/s1. The number of nitrogens with zero attached hydrogens (tertiary/aromatic N) is 1. The zero-order valence-electron chi connectivity index (χ0n) is 20.2. The van der Waals surface area contributed by atoms with Crippen molar-refractivity contribution in [2.24, 2.45) is 11.7 Å². The van der Waals surface area contributed by atoms with Crippen LogP contribution >= 0.6 is 0 Å². The van der Waals surface area contributed by atoms with Crippen molar-refractivity contribution in [3.05, 3.63) is 35.5 Å². The van der Waals surface area contributed by atoms with Crippen LogP contribution in [0, 0.1) is 5.92 Å². The molecule has 0 fully saturated rings. The zero-order chi connectivity index (χ0) is 24.3. The van der Waals surface area contributed by atoms with E-state index in [4.69, 9.17) is 10.5 Å². The number of carbonyl (C=O) groups excluding carboxylic acids is 3. The van der Waals surface area contributed by atoms with E-state index < -0.39 is 23.6 Å². The summed E-state index contributed by atoms with van der Waals surface area (Å²) in [6.45, 7) is 10.1. The third-order valence-corrected chi connectivity index (χ3v) is 5.81. The lowest BCUT2D eigenvalue weighted by Gasteiger charge is -2.39. The Kier molecular flexibility index (Phi) is 7.34. The second kappa shape index (κ2) is 9.85. The molecule has 0 bridgehead atoms. The molecule has 33 heavy (non-hydrogen) atoms. The van der Waals surface area contributed by atoms with Crippen LogP contribution in [-0.2, 0) is 20.7 Å². The summed E-state index contributed by atoms with van der Waals surface area (Å²) in [5.74, 6) is -0.392. The summed E-state index contributed by atoms with van der Waals surface area (Å²) in [6.07, 6.45) is 0.925. The number of aromatic nitrogens is 1. The summed E-state index contributed by atoms with van der Waals surface area (Å²) < 4.78 is 5.36. The van der Waals surface area contributed by atoms with Gasteiger partial charge in [-0.2, -0.15) is 0 Å². The van der Waals surface area contributed by atoms with Gasteiger partial charge in [-0.3, -0.25) is 9.59 Å². The normalized spacial score (nSPS) is 17.0. The number of nitrogens with two attached hydrogens (primary N) is 1. The molecule has 1 aromatic heterocycles. The van der Waals surface area contributed by atoms with Gasteiger partial charge in [0.15, 0.2) is 0 Å². The van der Waals surface area contributed by atoms with Gasteiger partial charge in [-0.05, 0) is 57.6 Å². The van der Waals surface area contributed by atoms with Gasteiger partial charge in [-0.1, -0.05) is 32.0 Å². The highest BCUT2D eigenvalue weighted by atomic mass is 16.6. The first kappa shape index (κ1) is 24.6. The molecule has 2 aromatic rings. The fourth-order valence-corrected chi connectivity index (χ4v) is 4.47. The van der Waals surface area contributed by atoms with Crippen LogP contribution in [-0.4, -0.2) is 46.0 Å². The average Bonchev–Trinajstić information content (AvgIpc) is 3.08. The van der Waals surface area contributed by atoms with Crippen LogP contribution in [0.1, 0.15) is 71.2 Å². The monoisotopic (exact) mass is 456 g/mol. The number of rotatable bonds is 7. The quantitative estimate of drug-likeness (QED) is 0.587. The van der Waals surface area contributed by atoms with E-state index in [9.17, 15) is 14.4 Å². The minimum absolute atomic E-state index is 0.00741. The Balaban J connectivity index is 1.91. The SMILES string of the molecule is CC(C)CC1c2[nH]c3ccccc3c2CCN1C(=O)[C@@H](CCC(N)=O)NC(=O)OC(C)(C)C. The molecule has 3 rings (SSSR count). The highest BCUT2D eigenvalue weighted by Gasteiger charge is 2.37. The summed E-state index contributed by atoms with van der Waals surface area (Å²) in [6, 6.07) is 7.13. The lowest BCUT2D eigenvalue weighted by molar-refractivity contribution is -0.137. The van der Waals surface area contributed by atoms with Crippen molar-refractivity contribution in [3.8, 4) is 0 Å². The Labute approximate surface area is 195 Å². The third-order valence-electron chi connectivity index (χ3n) is 5.81. The number of benzene rings is 1. The highest BCUT2D eigenvalue weighted by molar-refractivity contribution is 5.89. The predicted octanol–water partition coefficient (Wildman–Crippen LogP) is 3.80. The molecule has 0 aliphatic carbocycles. The van der Waals surface area contributed by atoms with Gasteiger partial charge in [-0.15, -0.1) is 0 Å². The number of aromatic amines is 1. The third kappa shape index (κ3) is 6.06. The molecule has 4 N–H and O–H groups in total. The number of nitrogens with one attached hydrogen (secondary N) is 2. The Morgan fingerprint density at radius 3 is 2.58 bits per heavy atom. The number of hydrogen-bond acceptors (Lipinski definition) is 4. The maximum Gasteiger partial charge on any atom is 0.408 e. The topological polar surface area (TPSA) is 118 Å². The molecule has 8 heteroatoms. The van der Waals surface area contributed by atoms with Crippen LogP contribution in [0.3, 0.4) is 0 Å². The van der Waals surface area contributed by atoms with Gasteiger partial charge in [0, 0.05) is 29.6 Å². The number of primary amides is 1. The Morgan fingerprint density at radius 2 is 1.94 bits per heavy atom. The first-order chi connectivity index (χ1) is 15.5. The number of alkyl carbamates (subject to hydrolysis) is 1. The number of carbonyl (C=O) groups is 3. The minimum Gasteiger partial charge on any atom is -0.444 e. The van der Waals surface area contributed by atoms with Crippen LogP contribution in [0.2, 0.25) is 0 Å². The number of amides is 3. The second-order valence-electron chi connectivity index (χ2n) is 10.2. The molecule has 1 aromatic carbocycles. The Morgan fingerprint density at radius 1 is 1.24 bits per heavy atom. The van der Waals surface area contributed by atoms with E-state index in [0.717, 1.165) is 17.6 Å². The smallest absolute Gasteiger partial charge is 0.408 e. The van der Waals surface area contributed by atoms with Gasteiger partial charge in [0.1, 0.15) is 11.6 Å². The second-order valence-corrected chi connectivity index (χ2v) is 10.2. The van der Waals surface area contributed by atoms with Crippen molar-refractivity contribution in [2.45, 2.75) is 78.0 Å². The van der Waals surface area contributed by atoms with E-state index in [-0.39, 0.29) is 24.8 Å². The van der Waals surface area contributed by atoms with Crippen molar-refractivity contribution >= 4 is 28.8 Å². The van der Waals surface area contributed by atoms with E-state index in [1.54, 1.807) is 20.8 Å². The van der Waals surface area contributed by atoms with E-state index in [2.05, 4.69) is 30.2 Å². The van der Waals surface area contributed by atoms with E-state index in [1.165, 1.54) is 10.9 Å². The molecule has 0 radical (unpaired) electrons. The molecular formula is C25H36N4O4. The molecule has 0 saturated heterocycles. The predicted molar refractivity (Wildman–Crippen MR) is 127 cm³/mol. The van der Waals surface area contributed by atoms with Crippen LogP contribution in [0.25, 0.3) is 10.9 Å². The van der Waals surface area contributed by atoms with Crippen molar-refractivity contribution < 1.29 is 19.1 Å². The van der Waals surface area contributed by atoms with Crippen molar-refractivity contribution in [2.75, 3.05) is 6.54 Å². The Bertz CT molecular complexity index is 1020. The molecule has 180 valence electrons. The van der Waals surface area contributed by atoms with E-state index >= 15 is 0 Å². The van der Waals surface area contributed by atoms with Crippen molar-refractivity contribution in [1.82, 2.24) is 15.2 Å². The van der Waals surface area contributed by atoms with Gasteiger partial charge in [0.05, 0.1) is 6.04 Å². The van der Waals surface area contributed by atoms with Gasteiger partial charge in [-0.25, -0.2) is 4.79 Å². The van der Waals surface area contributed by atoms with Gasteiger partial charge >= 0.3 is 6.09 Å². The van der Waals surface area contributed by atoms with E-state index in [0.29, 0.717) is 18.9 Å². The first-order valence-corrected chi connectivity index (χ1v) is 11.6. The minimum atomic E-state index is -0.895. The lowest BCUT2D eigenvalue weighted by atomic mass is 9.90. The van der Waals surface area contributed by atoms with Crippen LogP contribution in [0.4, 0.5) is 4.79 Å². The van der Waals surface area contributed by atoms with Crippen LogP contribution < -0.4 is 11.1 Å². The number of ether oxygens (including phenoxy) is 1. The number of para-hydroxylation sites is 1. The molecule has 2 heterocycles. The van der Waals surface area contributed by atoms with Gasteiger partial charge in [0.25, 0.3) is 0 Å². The first-order valence-electron chi connectivity index (χ1n) is 11.6. The fraction of sp³-hybridized carbons (Fsp3) is 0.560. The fourth-order valence-electron chi connectivity index (χ4n) is 4.47. The van der Waals surface area contributed by atoms with Gasteiger partial charge in [0.2, 0.25) is 11.8 Å². The van der Waals surface area contributed by atoms with Gasteiger partial charge < -0.3 is 25.7 Å². The van der Waals surface area contributed by atoms with Crippen molar-refractivity contribution in [1.29, 1.82) is 0 Å². The van der Waals surface area contributed by atoms with Crippen LogP contribution in [0.5, 0.6) is 0 Å². The molecule has 8 nitrogen and oxygen atoms in total. The maximum absolute atomic E-state index is 13.7. The molecule has 2 atom stereocenters. The zero-order valence-corrected chi connectivity index (χ0v) is 20.2. The summed E-state index contributed by atoms with van der Waals surface area (Å²) in [5, 5.41) is 3.87. The van der Waals surface area contributed by atoms with Crippen LogP contribution in [0.15, 0.2) is 24.3 Å². The summed E-state index contributed by atoms with van der Waals surface area (Å²) in [7, 11) is 0. The van der Waals surface area contributed by atoms with Crippen molar-refractivity contribution in [3.63, 3.8) is 0 Å². The molecule has 0 spiro atoms. The highest BCUT2D eigenvalue weighted by Crippen LogP contribution is 2.38. The maximum atomic E-state index is 13.7. The molecule has 0 saturated carbocycles. The largest absolute Gasteiger partial charge is 0.444 e. The molecule has 1 aliphatic heterocycles. The average molecular weight is 457 g/mol. The number of H-pyrrole nitrogens is 1. The Hall–Kier alpha value is -3.03. The summed E-state index contributed by atoms with van der Waals surface area (Å²) >= 11 is 0.